The summed E-state index contributed by atoms with van der Waals surface area (Å²) in [6, 6.07) is 67.9. The Bertz CT molecular complexity index is 3520. The molecule has 0 saturated carbocycles. The molecule has 3 nitrogen and oxygen atoms in total. The van der Waals surface area contributed by atoms with Gasteiger partial charge in [0.15, 0.2) is 0 Å². The van der Waals surface area contributed by atoms with Crippen molar-refractivity contribution in [2.45, 2.75) is 0 Å². The van der Waals surface area contributed by atoms with Crippen molar-refractivity contribution in [3.05, 3.63) is 188 Å². The molecule has 0 radical (unpaired) electrons. The molecule has 0 bridgehead atoms. The molecule has 0 N–H and O–H groups in total. The molecule has 4 heteroatoms. The van der Waals surface area contributed by atoms with E-state index in [1.807, 2.05) is 11.3 Å². The highest BCUT2D eigenvalue weighted by molar-refractivity contribution is 7.25. The van der Waals surface area contributed by atoms with E-state index in [1.165, 1.54) is 74.7 Å². The van der Waals surface area contributed by atoms with Crippen LogP contribution in [0.15, 0.2) is 188 Å². The van der Waals surface area contributed by atoms with Crippen molar-refractivity contribution in [1.82, 2.24) is 14.5 Å². The quantitative estimate of drug-likeness (QED) is 0.181. The van der Waals surface area contributed by atoms with Crippen molar-refractivity contribution < 1.29 is 0 Å². The molecule has 0 aliphatic carbocycles. The van der Waals surface area contributed by atoms with Gasteiger partial charge in [0, 0.05) is 47.5 Å². The van der Waals surface area contributed by atoms with Crippen molar-refractivity contribution in [3.63, 3.8) is 0 Å². The lowest BCUT2D eigenvalue weighted by Gasteiger charge is -2.15. The average molecular weight is 730 g/mol. The summed E-state index contributed by atoms with van der Waals surface area (Å²) in [6.07, 6.45) is 0. The van der Waals surface area contributed by atoms with Crippen LogP contribution in [0.3, 0.4) is 0 Å². The maximum absolute atomic E-state index is 5.55. The van der Waals surface area contributed by atoms with Gasteiger partial charge in [-0.15, -0.1) is 11.3 Å². The molecule has 12 aromatic rings. The Labute approximate surface area is 326 Å². The minimum absolute atomic E-state index is 0.653. The second kappa shape index (κ2) is 12.2. The fraction of sp³-hybridized carbons (Fsp3) is 0. The first-order chi connectivity index (χ1) is 27.8. The van der Waals surface area contributed by atoms with Crippen molar-refractivity contribution in [2.75, 3.05) is 0 Å². The number of hydrogen-bond acceptors (Lipinski definition) is 3. The van der Waals surface area contributed by atoms with Crippen LogP contribution in [0.25, 0.3) is 114 Å². The maximum Gasteiger partial charge on any atom is 0.235 e. The predicted octanol–water partition coefficient (Wildman–Crippen LogP) is 14.4. The van der Waals surface area contributed by atoms with E-state index in [-0.39, 0.29) is 0 Å². The minimum atomic E-state index is 0.653. The van der Waals surface area contributed by atoms with Gasteiger partial charge >= 0.3 is 0 Å². The van der Waals surface area contributed by atoms with E-state index >= 15 is 0 Å². The molecule has 3 heterocycles. The van der Waals surface area contributed by atoms with E-state index in [9.17, 15) is 0 Å². The SMILES string of the molecule is c1ccc(-c2ccc(-c3nc(-n4c5ccc6ccccc6c5c5cc6ccccc6c(-c6ccc7sc8ccccc8c7c6)c54)nc4ccccc34)cc2)cc1. The molecular weight excluding hydrogens is 699 g/mol. The number of hydrogen-bond donors (Lipinski definition) is 0. The van der Waals surface area contributed by atoms with Gasteiger partial charge in [0.1, 0.15) is 0 Å². The lowest BCUT2D eigenvalue weighted by molar-refractivity contribution is 1.01. The zero-order valence-corrected chi connectivity index (χ0v) is 31.0. The Morgan fingerprint density at radius 3 is 1.89 bits per heavy atom. The first-order valence-corrected chi connectivity index (χ1v) is 19.8. The number of thiophene rings is 1. The van der Waals surface area contributed by atoms with Crippen LogP contribution in [0.4, 0.5) is 0 Å². The Morgan fingerprint density at radius 1 is 0.393 bits per heavy atom. The summed E-state index contributed by atoms with van der Waals surface area (Å²) in [5, 5.41) is 10.8. The van der Waals surface area contributed by atoms with E-state index in [2.05, 4.69) is 193 Å². The summed E-state index contributed by atoms with van der Waals surface area (Å²) in [6.45, 7) is 0. The lowest BCUT2D eigenvalue weighted by atomic mass is 9.93. The molecule has 0 fully saturated rings. The highest BCUT2D eigenvalue weighted by Crippen LogP contribution is 2.46. The van der Waals surface area contributed by atoms with Crippen LogP contribution < -0.4 is 0 Å². The second-order valence-electron chi connectivity index (χ2n) is 14.5. The third kappa shape index (κ3) is 4.70. The minimum Gasteiger partial charge on any atom is -0.277 e. The predicted molar refractivity (Wildman–Crippen MR) is 238 cm³/mol. The highest BCUT2D eigenvalue weighted by atomic mass is 32.1. The van der Waals surface area contributed by atoms with Gasteiger partial charge in [-0.3, -0.25) is 4.57 Å². The summed E-state index contributed by atoms with van der Waals surface area (Å²) in [7, 11) is 0. The molecule has 3 aromatic heterocycles. The van der Waals surface area contributed by atoms with Crippen LogP contribution in [0.2, 0.25) is 0 Å². The molecule has 0 unspecified atom stereocenters. The van der Waals surface area contributed by atoms with E-state index in [4.69, 9.17) is 9.97 Å². The third-order valence-corrected chi connectivity index (χ3v) is 12.5. The van der Waals surface area contributed by atoms with Gasteiger partial charge in [-0.05, 0) is 74.6 Å². The van der Waals surface area contributed by atoms with E-state index in [0.29, 0.717) is 5.95 Å². The fourth-order valence-electron chi connectivity index (χ4n) is 8.83. The first-order valence-electron chi connectivity index (χ1n) is 19.0. The van der Waals surface area contributed by atoms with Gasteiger partial charge in [-0.1, -0.05) is 152 Å². The Kier molecular flexibility index (Phi) is 6.80. The van der Waals surface area contributed by atoms with Crippen LogP contribution >= 0.6 is 11.3 Å². The van der Waals surface area contributed by atoms with Crippen LogP contribution in [-0.2, 0) is 0 Å². The third-order valence-electron chi connectivity index (χ3n) is 11.4. The van der Waals surface area contributed by atoms with Crippen molar-refractivity contribution >= 4 is 85.8 Å². The summed E-state index contributed by atoms with van der Waals surface area (Å²) in [5.41, 5.74) is 9.78. The van der Waals surface area contributed by atoms with Crippen molar-refractivity contribution in [2.24, 2.45) is 0 Å². The summed E-state index contributed by atoms with van der Waals surface area (Å²) in [4.78, 5) is 10.9. The molecule has 0 aliphatic rings. The maximum atomic E-state index is 5.55. The van der Waals surface area contributed by atoms with E-state index in [0.717, 1.165) is 33.2 Å². The molecule has 0 atom stereocenters. The number of benzene rings is 9. The van der Waals surface area contributed by atoms with Crippen LogP contribution in [0.5, 0.6) is 0 Å². The monoisotopic (exact) mass is 729 g/mol. The molecule has 0 saturated heterocycles. The van der Waals surface area contributed by atoms with Crippen molar-refractivity contribution in [1.29, 1.82) is 0 Å². The summed E-state index contributed by atoms with van der Waals surface area (Å²) < 4.78 is 4.93. The number of para-hydroxylation sites is 1. The van der Waals surface area contributed by atoms with Gasteiger partial charge in [-0.2, -0.15) is 0 Å². The number of fused-ring (bicyclic) bond motifs is 10. The number of nitrogens with zero attached hydrogens (tertiary/aromatic N) is 3. The van der Waals surface area contributed by atoms with Gasteiger partial charge in [0.2, 0.25) is 5.95 Å². The number of aromatic nitrogens is 3. The van der Waals surface area contributed by atoms with Crippen LogP contribution in [0.1, 0.15) is 0 Å². The molecule has 0 amide bonds. The van der Waals surface area contributed by atoms with Crippen molar-refractivity contribution in [3.8, 4) is 39.5 Å². The van der Waals surface area contributed by atoms with Gasteiger partial charge in [0.25, 0.3) is 0 Å². The fourth-order valence-corrected chi connectivity index (χ4v) is 9.91. The van der Waals surface area contributed by atoms with E-state index in [1.54, 1.807) is 0 Å². The molecule has 0 spiro atoms. The zero-order valence-electron chi connectivity index (χ0n) is 30.1. The van der Waals surface area contributed by atoms with Crippen LogP contribution in [-0.4, -0.2) is 14.5 Å². The Hall–Kier alpha value is -7.14. The summed E-state index contributed by atoms with van der Waals surface area (Å²) in [5.74, 6) is 0.653. The molecule has 56 heavy (non-hydrogen) atoms. The lowest BCUT2D eigenvalue weighted by Crippen LogP contribution is -2.04. The topological polar surface area (TPSA) is 30.7 Å². The Balaban J connectivity index is 1.21. The zero-order chi connectivity index (χ0) is 36.7. The standard InChI is InChI=1S/C52H31N3S/c1-2-12-32(13-3-1)33-22-24-35(25-23-33)50-41-19-8-10-20-44(41)53-52(54-50)55-45-28-26-34-14-4-6-16-38(34)49(45)43-30-36-15-5-7-17-39(36)48(51(43)55)37-27-29-47-42(31-37)40-18-9-11-21-46(40)56-47/h1-31H. The van der Waals surface area contributed by atoms with E-state index < -0.39 is 0 Å². The molecule has 12 rings (SSSR count). The van der Waals surface area contributed by atoms with Gasteiger partial charge in [-0.25, -0.2) is 9.97 Å². The molecule has 260 valence electrons. The Morgan fingerprint density at radius 2 is 1.04 bits per heavy atom. The number of rotatable bonds is 4. The van der Waals surface area contributed by atoms with Gasteiger partial charge in [0.05, 0.1) is 22.2 Å². The largest absolute Gasteiger partial charge is 0.277 e. The smallest absolute Gasteiger partial charge is 0.235 e. The normalized spacial score (nSPS) is 11.9. The molecular formula is C52H31N3S. The van der Waals surface area contributed by atoms with Gasteiger partial charge < -0.3 is 0 Å². The highest BCUT2D eigenvalue weighted by Gasteiger charge is 2.24. The first kappa shape index (κ1) is 31.2. The molecule has 9 aromatic carbocycles. The molecule has 0 aliphatic heterocycles. The average Bonchev–Trinajstić information content (AvgIpc) is 3.81. The second-order valence-corrected chi connectivity index (χ2v) is 15.6. The van der Waals surface area contributed by atoms with Crippen LogP contribution in [0, 0.1) is 0 Å². The summed E-state index contributed by atoms with van der Waals surface area (Å²) >= 11 is 1.85.